The van der Waals surface area contributed by atoms with Crippen LogP contribution in [0.1, 0.15) is 36.2 Å². The molecule has 0 bridgehead atoms. The van der Waals surface area contributed by atoms with Crippen molar-refractivity contribution >= 4 is 6.29 Å². The number of aliphatic hydroxyl groups is 1. The number of carbonyl (C=O) groups is 1. The van der Waals surface area contributed by atoms with Crippen molar-refractivity contribution in [1.82, 2.24) is 15.0 Å². The summed E-state index contributed by atoms with van der Waals surface area (Å²) in [5.41, 5.74) is 0.375. The Morgan fingerprint density at radius 2 is 2.14 bits per heavy atom. The van der Waals surface area contributed by atoms with Crippen LogP contribution in [0.5, 0.6) is 0 Å². The van der Waals surface area contributed by atoms with Crippen molar-refractivity contribution in [3.05, 3.63) is 11.9 Å². The monoisotopic (exact) mass is 197 g/mol. The molecule has 0 radical (unpaired) electrons. The lowest BCUT2D eigenvalue weighted by Crippen LogP contribution is -1.98. The number of aldehydes is 1. The van der Waals surface area contributed by atoms with Crippen molar-refractivity contribution in [1.29, 1.82) is 0 Å². The zero-order valence-corrected chi connectivity index (χ0v) is 8.09. The van der Waals surface area contributed by atoms with Gasteiger partial charge in [-0.05, 0) is 12.8 Å². The van der Waals surface area contributed by atoms with Gasteiger partial charge in [0.25, 0.3) is 0 Å². The average Bonchev–Trinajstić information content (AvgIpc) is 2.65. The number of unbranched alkanes of at least 4 members (excludes halogenated alkanes) is 3. The normalized spacial score (nSPS) is 10.4. The smallest absolute Gasteiger partial charge is 0.171 e. The fraction of sp³-hybridized carbons (Fsp3) is 0.667. The molecule has 0 fully saturated rings. The van der Waals surface area contributed by atoms with Gasteiger partial charge in [-0.3, -0.25) is 9.48 Å². The molecule has 1 heterocycles. The Kier molecular flexibility index (Phi) is 4.85. The van der Waals surface area contributed by atoms with Crippen LogP contribution >= 0.6 is 0 Å². The molecule has 5 heteroatoms. The van der Waals surface area contributed by atoms with Crippen LogP contribution in [0, 0.1) is 0 Å². The highest BCUT2D eigenvalue weighted by Crippen LogP contribution is 2.01. The van der Waals surface area contributed by atoms with E-state index >= 15 is 0 Å². The summed E-state index contributed by atoms with van der Waals surface area (Å²) in [5, 5.41) is 16.0. The van der Waals surface area contributed by atoms with Crippen LogP contribution in [0.2, 0.25) is 0 Å². The van der Waals surface area contributed by atoms with Crippen LogP contribution in [-0.2, 0) is 6.54 Å². The highest BCUT2D eigenvalue weighted by atomic mass is 16.2. The number of nitrogens with zero attached hydrogens (tertiary/aromatic N) is 3. The van der Waals surface area contributed by atoms with Gasteiger partial charge in [0.1, 0.15) is 5.69 Å². The van der Waals surface area contributed by atoms with Crippen molar-refractivity contribution in [3.8, 4) is 0 Å². The maximum absolute atomic E-state index is 10.3. The standard InChI is InChI=1S/C9H15N3O2/c13-6-4-2-1-3-5-12-7-9(8-14)10-11-12/h7-8,13H,1-6H2. The van der Waals surface area contributed by atoms with E-state index in [0.717, 1.165) is 32.2 Å². The molecule has 1 N–H and O–H groups in total. The van der Waals surface area contributed by atoms with E-state index < -0.39 is 0 Å². The van der Waals surface area contributed by atoms with Gasteiger partial charge < -0.3 is 5.11 Å². The summed E-state index contributed by atoms with van der Waals surface area (Å²) in [6, 6.07) is 0. The molecule has 0 saturated heterocycles. The molecular weight excluding hydrogens is 182 g/mol. The predicted octanol–water partition coefficient (Wildman–Crippen LogP) is 0.643. The number of carbonyl (C=O) groups excluding carboxylic acids is 1. The Morgan fingerprint density at radius 3 is 2.79 bits per heavy atom. The van der Waals surface area contributed by atoms with E-state index in [-0.39, 0.29) is 6.61 Å². The summed E-state index contributed by atoms with van der Waals surface area (Å²) in [5.74, 6) is 0. The molecule has 1 aromatic rings. The van der Waals surface area contributed by atoms with E-state index in [4.69, 9.17) is 5.11 Å². The summed E-state index contributed by atoms with van der Waals surface area (Å²) < 4.78 is 1.67. The minimum Gasteiger partial charge on any atom is -0.396 e. The molecule has 1 aromatic heterocycles. The predicted molar refractivity (Wildman–Crippen MR) is 51.0 cm³/mol. The van der Waals surface area contributed by atoms with Gasteiger partial charge in [-0.1, -0.05) is 18.1 Å². The Balaban J connectivity index is 2.14. The van der Waals surface area contributed by atoms with Gasteiger partial charge in [-0.25, -0.2) is 0 Å². The van der Waals surface area contributed by atoms with Crippen LogP contribution in [0.25, 0.3) is 0 Å². The molecule has 14 heavy (non-hydrogen) atoms. The second-order valence-electron chi connectivity index (χ2n) is 3.16. The minimum atomic E-state index is 0.263. The molecule has 1 rings (SSSR count). The van der Waals surface area contributed by atoms with Crippen LogP contribution in [0.3, 0.4) is 0 Å². The Morgan fingerprint density at radius 1 is 1.36 bits per heavy atom. The number of rotatable bonds is 7. The van der Waals surface area contributed by atoms with Crippen LogP contribution in [-0.4, -0.2) is 33.0 Å². The topological polar surface area (TPSA) is 68.0 Å². The first kappa shape index (κ1) is 10.8. The van der Waals surface area contributed by atoms with Crippen LogP contribution in [0.4, 0.5) is 0 Å². The van der Waals surface area contributed by atoms with E-state index in [0.29, 0.717) is 12.0 Å². The molecule has 78 valence electrons. The number of hydrogen-bond acceptors (Lipinski definition) is 4. The molecule has 0 aliphatic heterocycles. The molecular formula is C9H15N3O2. The molecule has 0 aliphatic rings. The summed E-state index contributed by atoms with van der Waals surface area (Å²) in [6.45, 7) is 1.05. The number of aryl methyl sites for hydroxylation is 1. The fourth-order valence-corrected chi connectivity index (χ4v) is 1.22. The van der Waals surface area contributed by atoms with Gasteiger partial charge in [0.05, 0.1) is 6.20 Å². The second kappa shape index (κ2) is 6.26. The van der Waals surface area contributed by atoms with Crippen molar-refractivity contribution in [3.63, 3.8) is 0 Å². The minimum absolute atomic E-state index is 0.263. The van der Waals surface area contributed by atoms with E-state index in [2.05, 4.69) is 10.3 Å². The van der Waals surface area contributed by atoms with Gasteiger partial charge in [0, 0.05) is 13.2 Å². The Bertz CT molecular complexity index is 273. The third-order valence-corrected chi connectivity index (χ3v) is 1.97. The fourth-order valence-electron chi connectivity index (χ4n) is 1.22. The van der Waals surface area contributed by atoms with Gasteiger partial charge in [-0.2, -0.15) is 0 Å². The lowest BCUT2D eigenvalue weighted by Gasteiger charge is -1.99. The third-order valence-electron chi connectivity index (χ3n) is 1.97. The molecule has 0 saturated carbocycles. The van der Waals surface area contributed by atoms with E-state index in [1.807, 2.05) is 0 Å². The molecule has 0 aromatic carbocycles. The lowest BCUT2D eigenvalue weighted by molar-refractivity contribution is 0.111. The summed E-state index contributed by atoms with van der Waals surface area (Å²) in [7, 11) is 0. The van der Waals surface area contributed by atoms with Crippen molar-refractivity contribution in [2.24, 2.45) is 0 Å². The van der Waals surface area contributed by atoms with E-state index in [1.54, 1.807) is 10.9 Å². The summed E-state index contributed by atoms with van der Waals surface area (Å²) >= 11 is 0. The van der Waals surface area contributed by atoms with Gasteiger partial charge in [-0.15, -0.1) is 5.10 Å². The lowest BCUT2D eigenvalue weighted by atomic mass is 10.2. The first-order chi connectivity index (χ1) is 6.86. The quantitative estimate of drug-likeness (QED) is 0.514. The van der Waals surface area contributed by atoms with Gasteiger partial charge in [0.15, 0.2) is 6.29 Å². The number of aliphatic hydroxyl groups excluding tert-OH is 1. The molecule has 0 aliphatic carbocycles. The maximum Gasteiger partial charge on any atom is 0.171 e. The Labute approximate surface area is 82.7 Å². The second-order valence-corrected chi connectivity index (χ2v) is 3.16. The van der Waals surface area contributed by atoms with E-state index in [1.165, 1.54) is 0 Å². The van der Waals surface area contributed by atoms with Gasteiger partial charge in [0.2, 0.25) is 0 Å². The molecule has 0 amide bonds. The Hall–Kier alpha value is -1.23. The van der Waals surface area contributed by atoms with Crippen molar-refractivity contribution in [2.45, 2.75) is 32.2 Å². The number of hydrogen-bond donors (Lipinski definition) is 1. The highest BCUT2D eigenvalue weighted by Gasteiger charge is 1.97. The third kappa shape index (κ3) is 3.66. The zero-order valence-electron chi connectivity index (χ0n) is 8.09. The van der Waals surface area contributed by atoms with Crippen LogP contribution < -0.4 is 0 Å². The summed E-state index contributed by atoms with van der Waals surface area (Å²) in [6.07, 6.45) is 6.29. The van der Waals surface area contributed by atoms with Crippen molar-refractivity contribution in [2.75, 3.05) is 6.61 Å². The van der Waals surface area contributed by atoms with E-state index in [9.17, 15) is 4.79 Å². The largest absolute Gasteiger partial charge is 0.396 e. The molecule has 0 unspecified atom stereocenters. The first-order valence-corrected chi connectivity index (χ1v) is 4.83. The zero-order chi connectivity index (χ0) is 10.2. The molecule has 0 atom stereocenters. The van der Waals surface area contributed by atoms with Crippen LogP contribution in [0.15, 0.2) is 6.20 Å². The number of aromatic nitrogens is 3. The molecule has 5 nitrogen and oxygen atoms in total. The van der Waals surface area contributed by atoms with Crippen molar-refractivity contribution < 1.29 is 9.90 Å². The molecule has 0 spiro atoms. The average molecular weight is 197 g/mol. The first-order valence-electron chi connectivity index (χ1n) is 4.83. The maximum atomic E-state index is 10.3. The summed E-state index contributed by atoms with van der Waals surface area (Å²) in [4.78, 5) is 10.3. The SMILES string of the molecule is O=Cc1cn(CCCCCCO)nn1. The highest BCUT2D eigenvalue weighted by molar-refractivity contribution is 5.70. The van der Waals surface area contributed by atoms with Gasteiger partial charge >= 0.3 is 0 Å².